The van der Waals surface area contributed by atoms with E-state index in [0.29, 0.717) is 6.54 Å². The highest BCUT2D eigenvalue weighted by Crippen LogP contribution is 2.27. The third kappa shape index (κ3) is 9.68. The van der Waals surface area contributed by atoms with Gasteiger partial charge in [0.1, 0.15) is 30.4 Å². The first-order valence-corrected chi connectivity index (χ1v) is 11.8. The first-order valence-electron chi connectivity index (χ1n) is 11.8. The van der Waals surface area contributed by atoms with E-state index in [4.69, 9.17) is 9.47 Å². The molecule has 0 radical (unpaired) electrons. The number of carboxylic acid groups (broad SMARTS) is 1. The van der Waals surface area contributed by atoms with E-state index in [-0.39, 0.29) is 18.7 Å². The molecule has 3 unspecified atom stereocenters. The van der Waals surface area contributed by atoms with Gasteiger partial charge in [-0.05, 0) is 26.7 Å². The lowest BCUT2D eigenvalue weighted by Gasteiger charge is -2.41. The Morgan fingerprint density at radius 2 is 1.74 bits per heavy atom. The van der Waals surface area contributed by atoms with Crippen LogP contribution >= 0.6 is 0 Å². The summed E-state index contributed by atoms with van der Waals surface area (Å²) in [6.07, 6.45) is -4.38. The third-order valence-corrected chi connectivity index (χ3v) is 5.79. The van der Waals surface area contributed by atoms with Crippen LogP contribution in [0.25, 0.3) is 0 Å². The van der Waals surface area contributed by atoms with Crippen molar-refractivity contribution >= 4 is 23.7 Å². The zero-order valence-corrected chi connectivity index (χ0v) is 20.6. The van der Waals surface area contributed by atoms with E-state index < -0.39 is 73.1 Å². The lowest BCUT2D eigenvalue weighted by atomic mass is 9.92. The van der Waals surface area contributed by atoms with Crippen molar-refractivity contribution in [1.82, 2.24) is 16.0 Å². The van der Waals surface area contributed by atoms with Crippen LogP contribution in [0.5, 0.6) is 0 Å². The van der Waals surface area contributed by atoms with Crippen LogP contribution < -0.4 is 16.0 Å². The summed E-state index contributed by atoms with van der Waals surface area (Å²) >= 11 is 0. The molecule has 13 nitrogen and oxygen atoms in total. The maximum absolute atomic E-state index is 12.5. The van der Waals surface area contributed by atoms with Crippen LogP contribution in [0.4, 0.5) is 0 Å². The van der Waals surface area contributed by atoms with E-state index in [1.165, 1.54) is 13.8 Å². The average Bonchev–Trinajstić information content (AvgIpc) is 2.81. The minimum absolute atomic E-state index is 0.0845. The summed E-state index contributed by atoms with van der Waals surface area (Å²) in [5.41, 5.74) is 0. The Bertz CT molecular complexity index is 722. The smallest absolute Gasteiger partial charge is 0.326 e. The van der Waals surface area contributed by atoms with Crippen LogP contribution in [0.15, 0.2) is 0 Å². The molecule has 202 valence electrons. The van der Waals surface area contributed by atoms with Gasteiger partial charge in [-0.2, -0.15) is 0 Å². The maximum atomic E-state index is 12.5. The molecule has 1 fully saturated rings. The molecule has 1 saturated heterocycles. The van der Waals surface area contributed by atoms with Gasteiger partial charge in [-0.3, -0.25) is 14.4 Å². The Kier molecular flexibility index (Phi) is 13.1. The fraction of sp³-hybridized carbons (Fsp3) is 0.818. The van der Waals surface area contributed by atoms with E-state index in [2.05, 4.69) is 16.0 Å². The van der Waals surface area contributed by atoms with Crippen molar-refractivity contribution in [3.05, 3.63) is 0 Å². The average molecular weight is 506 g/mol. The van der Waals surface area contributed by atoms with E-state index >= 15 is 0 Å². The number of hydrogen-bond donors (Lipinski definition) is 7. The van der Waals surface area contributed by atoms with Gasteiger partial charge in [0.25, 0.3) is 0 Å². The van der Waals surface area contributed by atoms with Crippen molar-refractivity contribution in [2.45, 2.75) is 96.2 Å². The van der Waals surface area contributed by atoms with Crippen molar-refractivity contribution in [1.29, 1.82) is 0 Å². The highest BCUT2D eigenvalue weighted by molar-refractivity contribution is 5.91. The van der Waals surface area contributed by atoms with Crippen molar-refractivity contribution in [3.63, 3.8) is 0 Å². The van der Waals surface area contributed by atoms with Crippen LogP contribution in [-0.4, -0.2) is 100 Å². The first-order chi connectivity index (χ1) is 16.4. The maximum Gasteiger partial charge on any atom is 0.326 e. The topological polar surface area (TPSA) is 204 Å². The molecule has 0 aromatic heterocycles. The number of carbonyl (C=O) groups is 4. The number of nitrogens with one attached hydrogen (secondary N) is 3. The second-order valence-electron chi connectivity index (χ2n) is 8.71. The lowest BCUT2D eigenvalue weighted by Crippen LogP contribution is -2.58. The molecule has 0 aromatic rings. The molecule has 1 rings (SSSR count). The van der Waals surface area contributed by atoms with Gasteiger partial charge in [0.2, 0.25) is 17.7 Å². The normalized spacial score (nSPS) is 26.8. The van der Waals surface area contributed by atoms with Gasteiger partial charge < -0.3 is 45.9 Å². The van der Waals surface area contributed by atoms with Crippen LogP contribution in [0.1, 0.15) is 53.4 Å². The SMILES string of the molecule is CCCCNC(=O)CC[C@@H](NC(=O)[C@H](C)NC(=O)[C@@H](C)O[C@H]1C(O)C(CO)OC(O)[C@H]1C)C(=O)O. The predicted octanol–water partition coefficient (Wildman–Crippen LogP) is -1.76. The number of carbonyl (C=O) groups excluding carboxylic acids is 3. The summed E-state index contributed by atoms with van der Waals surface area (Å²) in [6, 6.07) is -2.44. The third-order valence-electron chi connectivity index (χ3n) is 5.79. The van der Waals surface area contributed by atoms with E-state index in [0.717, 1.165) is 12.8 Å². The highest BCUT2D eigenvalue weighted by atomic mass is 16.6. The van der Waals surface area contributed by atoms with Gasteiger partial charge in [0.15, 0.2) is 6.29 Å². The molecule has 0 aliphatic carbocycles. The van der Waals surface area contributed by atoms with Crippen molar-refractivity contribution in [2.24, 2.45) is 5.92 Å². The molecular weight excluding hydrogens is 466 g/mol. The lowest BCUT2D eigenvalue weighted by molar-refractivity contribution is -0.278. The molecule has 7 N–H and O–H groups in total. The van der Waals surface area contributed by atoms with Gasteiger partial charge >= 0.3 is 5.97 Å². The zero-order chi connectivity index (χ0) is 26.7. The molecule has 3 amide bonds. The van der Waals surface area contributed by atoms with E-state index in [9.17, 15) is 39.6 Å². The van der Waals surface area contributed by atoms with Gasteiger partial charge in [0, 0.05) is 18.9 Å². The van der Waals surface area contributed by atoms with Crippen LogP contribution in [0.3, 0.4) is 0 Å². The second-order valence-corrected chi connectivity index (χ2v) is 8.71. The van der Waals surface area contributed by atoms with Gasteiger partial charge in [-0.15, -0.1) is 0 Å². The number of amides is 3. The van der Waals surface area contributed by atoms with E-state index in [1.54, 1.807) is 6.92 Å². The summed E-state index contributed by atoms with van der Waals surface area (Å²) in [4.78, 5) is 48.3. The first kappa shape index (κ1) is 30.7. The van der Waals surface area contributed by atoms with Gasteiger partial charge in [-0.25, -0.2) is 4.79 Å². The van der Waals surface area contributed by atoms with Crippen LogP contribution in [-0.2, 0) is 28.7 Å². The molecule has 0 saturated carbocycles. The molecule has 0 aromatic carbocycles. The number of carboxylic acids is 1. The molecule has 1 heterocycles. The summed E-state index contributed by atoms with van der Waals surface area (Å²) in [6.45, 7) is 6.18. The van der Waals surface area contributed by atoms with Gasteiger partial charge in [0.05, 0.1) is 12.7 Å². The van der Waals surface area contributed by atoms with Crippen molar-refractivity contribution in [3.8, 4) is 0 Å². The molecule has 0 bridgehead atoms. The monoisotopic (exact) mass is 505 g/mol. The molecule has 35 heavy (non-hydrogen) atoms. The second kappa shape index (κ2) is 14.9. The number of aliphatic hydroxyl groups excluding tert-OH is 3. The Labute approximate surface area is 204 Å². The Morgan fingerprint density at radius 3 is 2.31 bits per heavy atom. The van der Waals surface area contributed by atoms with Crippen LogP contribution in [0, 0.1) is 5.92 Å². The Morgan fingerprint density at radius 1 is 1.09 bits per heavy atom. The zero-order valence-electron chi connectivity index (χ0n) is 20.6. The summed E-state index contributed by atoms with van der Waals surface area (Å²) < 4.78 is 10.7. The number of unbranched alkanes of at least 4 members (excludes halogenated alkanes) is 1. The molecular formula is C22H39N3O10. The van der Waals surface area contributed by atoms with Crippen molar-refractivity contribution < 1.29 is 49.1 Å². The van der Waals surface area contributed by atoms with Crippen LogP contribution in [0.2, 0.25) is 0 Å². The molecule has 0 spiro atoms. The largest absolute Gasteiger partial charge is 0.480 e. The Balaban J connectivity index is 2.61. The molecule has 1 aliphatic heterocycles. The quantitative estimate of drug-likeness (QED) is 0.132. The number of hydrogen-bond acceptors (Lipinski definition) is 9. The number of aliphatic hydroxyl groups is 3. The van der Waals surface area contributed by atoms with Crippen molar-refractivity contribution in [2.75, 3.05) is 13.2 Å². The highest BCUT2D eigenvalue weighted by Gasteiger charge is 2.44. The number of rotatable bonds is 14. The molecule has 8 atom stereocenters. The fourth-order valence-corrected chi connectivity index (χ4v) is 3.44. The minimum atomic E-state index is -1.32. The fourth-order valence-electron chi connectivity index (χ4n) is 3.44. The van der Waals surface area contributed by atoms with Gasteiger partial charge in [-0.1, -0.05) is 20.3 Å². The standard InChI is InChI=1S/C22H39N3O10/c1-5-6-9-23-16(27)8-7-14(21(31)32)25-19(29)12(3)24-20(30)13(4)34-18-11(2)22(33)35-15(10-26)17(18)28/h11-15,17-18,22,26,28,33H,5-10H2,1-4H3,(H,23,27)(H,24,30)(H,25,29)(H,31,32)/t11-,12-,13+,14+,15?,17?,18+,22?/m0/s1. The molecule has 13 heteroatoms. The van der Waals surface area contributed by atoms with E-state index in [1.807, 2.05) is 6.92 Å². The summed E-state index contributed by atoms with van der Waals surface area (Å²) in [5.74, 6) is -3.81. The summed E-state index contributed by atoms with van der Waals surface area (Å²) in [5, 5.41) is 46.3. The Hall–Kier alpha value is -2.32. The molecule has 1 aliphatic rings. The predicted molar refractivity (Wildman–Crippen MR) is 122 cm³/mol. The summed E-state index contributed by atoms with van der Waals surface area (Å²) in [7, 11) is 0. The number of ether oxygens (including phenoxy) is 2. The minimum Gasteiger partial charge on any atom is -0.480 e. The number of aliphatic carboxylic acids is 1.